The second kappa shape index (κ2) is 5.31. The average molecular weight is 280 g/mol. The van der Waals surface area contributed by atoms with Crippen molar-refractivity contribution < 1.29 is 27.5 Å². The normalized spacial score (nSPS) is 11.3. The highest BCUT2D eigenvalue weighted by Crippen LogP contribution is 2.17. The van der Waals surface area contributed by atoms with Crippen LogP contribution in [0.3, 0.4) is 0 Å². The van der Waals surface area contributed by atoms with E-state index in [-0.39, 0.29) is 28.3 Å². The van der Waals surface area contributed by atoms with Crippen LogP contribution in [0.25, 0.3) is 0 Å². The minimum atomic E-state index is -5.20. The predicted octanol–water partition coefficient (Wildman–Crippen LogP) is 0.142. The van der Waals surface area contributed by atoms with Crippen LogP contribution in [0.2, 0.25) is 0 Å². The lowest BCUT2D eigenvalue weighted by Gasteiger charge is -2.14. The lowest BCUT2D eigenvalue weighted by Crippen LogP contribution is -2.40. The highest BCUT2D eigenvalue weighted by atomic mass is 19.4. The van der Waals surface area contributed by atoms with E-state index >= 15 is 0 Å². The average Bonchev–Trinajstić information content (AvgIpc) is 2.32. The van der Waals surface area contributed by atoms with E-state index in [1.807, 2.05) is 0 Å². The molecule has 0 bridgehead atoms. The first-order valence-electron chi connectivity index (χ1n) is 5.01. The highest BCUT2D eigenvalue weighted by molar-refractivity contribution is 5.75. The van der Waals surface area contributed by atoms with Crippen molar-refractivity contribution in [3.63, 3.8) is 0 Å². The summed E-state index contributed by atoms with van der Waals surface area (Å²) in [5.74, 6) is -2.38. The fraction of sp³-hybridized carbons (Fsp3) is 0.400. The summed E-state index contributed by atoms with van der Waals surface area (Å²) in [7, 11) is 1.28. The first-order chi connectivity index (χ1) is 8.72. The zero-order valence-electron chi connectivity index (χ0n) is 10.1. The van der Waals surface area contributed by atoms with E-state index in [4.69, 9.17) is 10.5 Å². The van der Waals surface area contributed by atoms with Crippen LogP contribution in [0.1, 0.15) is 11.3 Å². The van der Waals surface area contributed by atoms with E-state index in [0.29, 0.717) is 0 Å². The van der Waals surface area contributed by atoms with Crippen molar-refractivity contribution in [2.75, 3.05) is 7.11 Å². The molecule has 0 aromatic carbocycles. The van der Waals surface area contributed by atoms with Crippen molar-refractivity contribution in [1.29, 1.82) is 0 Å². The van der Waals surface area contributed by atoms with Crippen LogP contribution in [-0.4, -0.2) is 24.0 Å². The van der Waals surface area contributed by atoms with Crippen LogP contribution in [-0.2, 0) is 11.3 Å². The topological polar surface area (TPSA) is 83.5 Å². The summed E-state index contributed by atoms with van der Waals surface area (Å²) >= 11 is 0. The number of methoxy groups -OCH3 is 1. The summed E-state index contributed by atoms with van der Waals surface area (Å²) in [5.41, 5.74) is 4.21. The van der Waals surface area contributed by atoms with Crippen molar-refractivity contribution >= 4 is 5.97 Å². The molecule has 0 radical (unpaired) electrons. The summed E-state index contributed by atoms with van der Waals surface area (Å²) in [4.78, 5) is 26.6. The Morgan fingerprint density at radius 1 is 1.47 bits per heavy atom. The van der Waals surface area contributed by atoms with E-state index < -0.39 is 17.7 Å². The zero-order chi connectivity index (χ0) is 14.8. The first kappa shape index (κ1) is 15.0. The number of nitrogens with two attached hydrogens (primary N) is 1. The molecule has 0 atom stereocenters. The number of ether oxygens (including phenoxy) is 1. The van der Waals surface area contributed by atoms with Gasteiger partial charge in [0.25, 0.3) is 5.56 Å². The molecule has 0 saturated carbocycles. The highest BCUT2D eigenvalue weighted by Gasteiger charge is 2.42. The van der Waals surface area contributed by atoms with E-state index in [1.165, 1.54) is 20.1 Å². The van der Waals surface area contributed by atoms with Crippen molar-refractivity contribution in [1.82, 2.24) is 4.73 Å². The second-order valence-corrected chi connectivity index (χ2v) is 3.51. The van der Waals surface area contributed by atoms with Gasteiger partial charge in [-0.15, -0.1) is 4.73 Å². The Bertz CT molecular complexity index is 551. The van der Waals surface area contributed by atoms with Gasteiger partial charge in [0.15, 0.2) is 0 Å². The number of aryl methyl sites for hydroxylation is 1. The lowest BCUT2D eigenvalue weighted by molar-refractivity contribution is -0.200. The standard InChI is InChI=1S/C10H11F3N2O4/c1-5-3-7(18-2)6(4-14)8(16)15(5)19-9(17)10(11,12)13/h3H,4,14H2,1-2H3. The van der Waals surface area contributed by atoms with Crippen molar-refractivity contribution in [3.8, 4) is 5.75 Å². The molecule has 0 aliphatic heterocycles. The number of pyridine rings is 1. The molecule has 0 amide bonds. The number of carbonyl (C=O) groups excluding carboxylic acids is 1. The van der Waals surface area contributed by atoms with Gasteiger partial charge >= 0.3 is 12.1 Å². The van der Waals surface area contributed by atoms with Gasteiger partial charge in [-0.1, -0.05) is 0 Å². The maximum absolute atomic E-state index is 12.1. The number of hydrogen-bond donors (Lipinski definition) is 1. The fourth-order valence-corrected chi connectivity index (χ4v) is 1.34. The van der Waals surface area contributed by atoms with Gasteiger partial charge in [-0.3, -0.25) is 4.79 Å². The summed E-state index contributed by atoms with van der Waals surface area (Å²) in [5, 5.41) is 0. The zero-order valence-corrected chi connectivity index (χ0v) is 10.1. The predicted molar refractivity (Wildman–Crippen MR) is 57.5 cm³/mol. The molecule has 19 heavy (non-hydrogen) atoms. The number of halogens is 3. The van der Waals surface area contributed by atoms with Crippen LogP contribution >= 0.6 is 0 Å². The van der Waals surface area contributed by atoms with Crippen molar-refractivity contribution in [2.45, 2.75) is 19.6 Å². The summed E-state index contributed by atoms with van der Waals surface area (Å²) in [6, 6.07) is 1.24. The third kappa shape index (κ3) is 3.05. The van der Waals surface area contributed by atoms with E-state index in [2.05, 4.69) is 4.84 Å². The smallest absolute Gasteiger partial charge is 0.493 e. The number of alkyl halides is 3. The third-order valence-corrected chi connectivity index (χ3v) is 2.23. The van der Waals surface area contributed by atoms with Crippen LogP contribution in [0.5, 0.6) is 5.75 Å². The quantitative estimate of drug-likeness (QED) is 0.851. The molecule has 6 nitrogen and oxygen atoms in total. The molecule has 0 aliphatic carbocycles. The summed E-state index contributed by atoms with van der Waals surface area (Å²) < 4.78 is 41.4. The Kier molecular flexibility index (Phi) is 4.20. The van der Waals surface area contributed by atoms with Gasteiger partial charge in [-0.05, 0) is 6.92 Å². The minimum Gasteiger partial charge on any atom is -0.496 e. The Morgan fingerprint density at radius 2 is 2.05 bits per heavy atom. The number of aromatic nitrogens is 1. The molecule has 1 rings (SSSR count). The van der Waals surface area contributed by atoms with Gasteiger partial charge in [-0.2, -0.15) is 13.2 Å². The van der Waals surface area contributed by atoms with Gasteiger partial charge in [0.1, 0.15) is 5.75 Å². The maximum Gasteiger partial charge on any atom is 0.493 e. The molecule has 1 aromatic heterocycles. The molecular formula is C10H11F3N2O4. The van der Waals surface area contributed by atoms with Gasteiger partial charge in [0.2, 0.25) is 0 Å². The monoisotopic (exact) mass is 280 g/mol. The van der Waals surface area contributed by atoms with Gasteiger partial charge in [0.05, 0.1) is 18.4 Å². The summed E-state index contributed by atoms with van der Waals surface area (Å²) in [6.07, 6.45) is -5.20. The number of carbonyl (C=O) groups is 1. The largest absolute Gasteiger partial charge is 0.496 e. The van der Waals surface area contributed by atoms with E-state index in [0.717, 1.165) is 0 Å². The number of hydrogen-bond acceptors (Lipinski definition) is 5. The van der Waals surface area contributed by atoms with Crippen molar-refractivity contribution in [3.05, 3.63) is 27.7 Å². The molecule has 0 aliphatic rings. The number of rotatable bonds is 3. The maximum atomic E-state index is 12.1. The molecule has 1 aromatic rings. The molecule has 0 fully saturated rings. The van der Waals surface area contributed by atoms with Crippen molar-refractivity contribution in [2.24, 2.45) is 5.73 Å². The SMILES string of the molecule is COc1cc(C)n(OC(=O)C(F)(F)F)c(=O)c1CN. The van der Waals surface area contributed by atoms with Crippen LogP contribution in [0.15, 0.2) is 10.9 Å². The first-order valence-corrected chi connectivity index (χ1v) is 5.01. The van der Waals surface area contributed by atoms with Gasteiger partial charge < -0.3 is 15.3 Å². The molecule has 0 unspecified atom stereocenters. The molecule has 106 valence electrons. The minimum absolute atomic E-state index is 0.0309. The Balaban J connectivity index is 3.30. The Morgan fingerprint density at radius 3 is 2.47 bits per heavy atom. The molecule has 1 heterocycles. The molecular weight excluding hydrogens is 269 g/mol. The van der Waals surface area contributed by atoms with Crippen LogP contribution in [0.4, 0.5) is 13.2 Å². The van der Waals surface area contributed by atoms with Crippen LogP contribution in [0, 0.1) is 6.92 Å². The molecule has 0 saturated heterocycles. The summed E-state index contributed by atoms with van der Waals surface area (Å²) in [6.45, 7) is 1.01. The van der Waals surface area contributed by atoms with E-state index in [1.54, 1.807) is 0 Å². The second-order valence-electron chi connectivity index (χ2n) is 3.51. The molecule has 0 spiro atoms. The lowest BCUT2D eigenvalue weighted by atomic mass is 10.2. The Labute approximate surface area is 105 Å². The van der Waals surface area contributed by atoms with Gasteiger partial charge in [-0.25, -0.2) is 4.79 Å². The van der Waals surface area contributed by atoms with Gasteiger partial charge in [0, 0.05) is 12.6 Å². The fourth-order valence-electron chi connectivity index (χ4n) is 1.34. The third-order valence-electron chi connectivity index (χ3n) is 2.23. The van der Waals surface area contributed by atoms with Crippen LogP contribution < -0.4 is 20.9 Å². The molecule has 9 heteroatoms. The Hall–Kier alpha value is -2.03. The molecule has 2 N–H and O–H groups in total. The number of nitrogens with zero attached hydrogens (tertiary/aromatic N) is 1. The van der Waals surface area contributed by atoms with E-state index in [9.17, 15) is 22.8 Å².